The molecule has 0 aliphatic carbocycles. The Bertz CT molecular complexity index is 1020. The van der Waals surface area contributed by atoms with Gasteiger partial charge in [-0.2, -0.15) is 0 Å². The summed E-state index contributed by atoms with van der Waals surface area (Å²) in [5.41, 5.74) is 1.75. The lowest BCUT2D eigenvalue weighted by atomic mass is 10.2. The highest BCUT2D eigenvalue weighted by Gasteiger charge is 2.14. The van der Waals surface area contributed by atoms with Crippen molar-refractivity contribution in [3.63, 3.8) is 0 Å². The Balaban J connectivity index is 1.60. The molecule has 0 bridgehead atoms. The largest absolute Gasteiger partial charge is 0.377 e. The van der Waals surface area contributed by atoms with Gasteiger partial charge in [-0.3, -0.25) is 4.79 Å². The SMILES string of the molecule is C=CCn1c(COC)nnc1SCC(=O)Nc1ccccc1SCc1ccc(F)cc1. The second-order valence-electron chi connectivity index (χ2n) is 6.48. The van der Waals surface area contributed by atoms with Gasteiger partial charge < -0.3 is 14.6 Å². The minimum atomic E-state index is -0.253. The minimum absolute atomic E-state index is 0.138. The van der Waals surface area contributed by atoms with E-state index in [0.717, 1.165) is 16.1 Å². The first-order valence-corrected chi connectivity index (χ1v) is 11.5. The van der Waals surface area contributed by atoms with E-state index in [1.807, 2.05) is 28.8 Å². The van der Waals surface area contributed by atoms with Crippen LogP contribution in [0, 0.1) is 5.82 Å². The molecule has 0 radical (unpaired) electrons. The van der Waals surface area contributed by atoms with Crippen molar-refractivity contribution in [1.29, 1.82) is 0 Å². The number of thioether (sulfide) groups is 2. The maximum atomic E-state index is 13.1. The third kappa shape index (κ3) is 6.68. The van der Waals surface area contributed by atoms with E-state index < -0.39 is 0 Å². The average Bonchev–Trinajstić information content (AvgIpc) is 3.15. The summed E-state index contributed by atoms with van der Waals surface area (Å²) in [5.74, 6) is 1.17. The number of benzene rings is 2. The van der Waals surface area contributed by atoms with Crippen molar-refractivity contribution >= 4 is 35.1 Å². The lowest BCUT2D eigenvalue weighted by Crippen LogP contribution is -2.15. The highest BCUT2D eigenvalue weighted by Crippen LogP contribution is 2.30. The summed E-state index contributed by atoms with van der Waals surface area (Å²) in [5, 5.41) is 11.9. The average molecular weight is 459 g/mol. The lowest BCUT2D eigenvalue weighted by molar-refractivity contribution is -0.113. The van der Waals surface area contributed by atoms with Crippen LogP contribution in [0.2, 0.25) is 0 Å². The van der Waals surface area contributed by atoms with Crippen LogP contribution in [-0.2, 0) is 28.4 Å². The van der Waals surface area contributed by atoms with E-state index in [9.17, 15) is 9.18 Å². The van der Waals surface area contributed by atoms with Gasteiger partial charge in [0.15, 0.2) is 11.0 Å². The molecule has 1 N–H and O–H groups in total. The Morgan fingerprint density at radius 1 is 1.19 bits per heavy atom. The molecule has 1 heterocycles. The Labute approximate surface area is 189 Å². The van der Waals surface area contributed by atoms with Crippen molar-refractivity contribution in [1.82, 2.24) is 14.8 Å². The maximum Gasteiger partial charge on any atom is 0.234 e. The normalized spacial score (nSPS) is 10.8. The summed E-state index contributed by atoms with van der Waals surface area (Å²) < 4.78 is 20.1. The molecule has 6 nitrogen and oxygen atoms in total. The summed E-state index contributed by atoms with van der Waals surface area (Å²) in [6.07, 6.45) is 1.75. The summed E-state index contributed by atoms with van der Waals surface area (Å²) in [7, 11) is 1.60. The van der Waals surface area contributed by atoms with Crippen LogP contribution in [0.4, 0.5) is 10.1 Å². The molecule has 1 aromatic heterocycles. The van der Waals surface area contributed by atoms with Gasteiger partial charge in [-0.25, -0.2) is 4.39 Å². The van der Waals surface area contributed by atoms with Crippen LogP contribution >= 0.6 is 23.5 Å². The van der Waals surface area contributed by atoms with E-state index in [1.54, 1.807) is 37.1 Å². The molecule has 9 heteroatoms. The minimum Gasteiger partial charge on any atom is -0.377 e. The first-order valence-electron chi connectivity index (χ1n) is 9.51. The van der Waals surface area contributed by atoms with Crippen molar-refractivity contribution in [2.45, 2.75) is 29.0 Å². The number of ether oxygens (including phenoxy) is 1. The van der Waals surface area contributed by atoms with Crippen molar-refractivity contribution in [3.05, 3.63) is 78.4 Å². The van der Waals surface area contributed by atoms with Crippen LogP contribution in [0.1, 0.15) is 11.4 Å². The Morgan fingerprint density at radius 3 is 2.71 bits per heavy atom. The van der Waals surface area contributed by atoms with Crippen LogP contribution in [0.3, 0.4) is 0 Å². The quantitative estimate of drug-likeness (QED) is 0.330. The van der Waals surface area contributed by atoms with E-state index >= 15 is 0 Å². The van der Waals surface area contributed by atoms with Gasteiger partial charge in [0.25, 0.3) is 0 Å². The first kappa shape index (κ1) is 23.1. The predicted molar refractivity (Wildman–Crippen MR) is 123 cm³/mol. The number of hydrogen-bond donors (Lipinski definition) is 1. The molecule has 2 aromatic carbocycles. The zero-order valence-corrected chi connectivity index (χ0v) is 18.7. The van der Waals surface area contributed by atoms with Crippen molar-refractivity contribution in [2.75, 3.05) is 18.2 Å². The molecule has 3 aromatic rings. The number of nitrogens with zero attached hydrogens (tertiary/aromatic N) is 3. The monoisotopic (exact) mass is 458 g/mol. The number of methoxy groups -OCH3 is 1. The number of allylic oxidation sites excluding steroid dienone is 1. The molecule has 0 aliphatic heterocycles. The molecule has 0 fully saturated rings. The third-order valence-corrected chi connectivity index (χ3v) is 6.29. The molecule has 0 unspecified atom stereocenters. The Kier molecular flexibility index (Phi) is 8.69. The van der Waals surface area contributed by atoms with Crippen LogP contribution in [-0.4, -0.2) is 33.5 Å². The highest BCUT2D eigenvalue weighted by atomic mass is 32.2. The number of para-hydroxylation sites is 1. The Hall–Kier alpha value is -2.62. The molecule has 3 rings (SSSR count). The van der Waals surface area contributed by atoms with Crippen molar-refractivity contribution in [3.8, 4) is 0 Å². The molecule has 0 aliphatic rings. The second kappa shape index (κ2) is 11.7. The number of hydrogen-bond acceptors (Lipinski definition) is 6. The zero-order chi connectivity index (χ0) is 22.1. The highest BCUT2D eigenvalue weighted by molar-refractivity contribution is 7.99. The summed E-state index contributed by atoms with van der Waals surface area (Å²) in [6.45, 7) is 4.64. The van der Waals surface area contributed by atoms with Gasteiger partial charge in [0, 0.05) is 24.3 Å². The van der Waals surface area contributed by atoms with Gasteiger partial charge in [-0.1, -0.05) is 42.1 Å². The van der Waals surface area contributed by atoms with E-state index in [-0.39, 0.29) is 17.5 Å². The van der Waals surface area contributed by atoms with Crippen molar-refractivity contribution in [2.24, 2.45) is 0 Å². The number of carbonyl (C=O) groups excluding carboxylic acids is 1. The standard InChI is InChI=1S/C22H23FN4O2S2/c1-3-12-27-20(13-29-2)25-26-22(27)31-15-21(28)24-18-6-4-5-7-19(18)30-14-16-8-10-17(23)11-9-16/h3-11H,1,12-15H2,2H3,(H,24,28). The van der Waals surface area contributed by atoms with Gasteiger partial charge in [-0.15, -0.1) is 28.5 Å². The smallest absolute Gasteiger partial charge is 0.234 e. The van der Waals surface area contributed by atoms with Crippen LogP contribution < -0.4 is 5.32 Å². The summed E-state index contributed by atoms with van der Waals surface area (Å²) in [4.78, 5) is 13.5. The van der Waals surface area contributed by atoms with E-state index in [0.29, 0.717) is 29.9 Å². The van der Waals surface area contributed by atoms with Crippen LogP contribution in [0.15, 0.2) is 71.2 Å². The molecule has 1 amide bonds. The number of carbonyl (C=O) groups is 1. The van der Waals surface area contributed by atoms with E-state index in [4.69, 9.17) is 4.74 Å². The molecular formula is C22H23FN4O2S2. The fraction of sp³-hybridized carbons (Fsp3) is 0.227. The van der Waals surface area contributed by atoms with Crippen LogP contribution in [0.25, 0.3) is 0 Å². The fourth-order valence-corrected chi connectivity index (χ4v) is 4.46. The number of anilines is 1. The lowest BCUT2D eigenvalue weighted by Gasteiger charge is -2.11. The molecule has 0 saturated carbocycles. The molecule has 0 spiro atoms. The van der Waals surface area contributed by atoms with Gasteiger partial charge in [0.05, 0.1) is 11.4 Å². The Morgan fingerprint density at radius 2 is 1.97 bits per heavy atom. The van der Waals surface area contributed by atoms with Gasteiger partial charge in [0.2, 0.25) is 5.91 Å². The van der Waals surface area contributed by atoms with E-state index in [1.165, 1.54) is 23.9 Å². The number of aromatic nitrogens is 3. The number of amides is 1. The topological polar surface area (TPSA) is 69.0 Å². The second-order valence-corrected chi connectivity index (χ2v) is 8.44. The number of halogens is 1. The maximum absolute atomic E-state index is 13.1. The molecule has 31 heavy (non-hydrogen) atoms. The van der Waals surface area contributed by atoms with Crippen LogP contribution in [0.5, 0.6) is 0 Å². The number of nitrogens with one attached hydrogen (secondary N) is 1. The molecule has 0 saturated heterocycles. The van der Waals surface area contributed by atoms with Gasteiger partial charge in [0.1, 0.15) is 12.4 Å². The molecular weight excluding hydrogens is 435 g/mol. The first-order chi connectivity index (χ1) is 15.1. The zero-order valence-electron chi connectivity index (χ0n) is 17.1. The fourth-order valence-electron chi connectivity index (χ4n) is 2.73. The van der Waals surface area contributed by atoms with Gasteiger partial charge in [-0.05, 0) is 29.8 Å². The van der Waals surface area contributed by atoms with Crippen molar-refractivity contribution < 1.29 is 13.9 Å². The molecule has 162 valence electrons. The predicted octanol–water partition coefficient (Wildman–Crippen LogP) is 4.77. The number of rotatable bonds is 11. The summed E-state index contributed by atoms with van der Waals surface area (Å²) >= 11 is 2.90. The molecule has 0 atom stereocenters. The van der Waals surface area contributed by atoms with E-state index in [2.05, 4.69) is 22.1 Å². The summed E-state index contributed by atoms with van der Waals surface area (Å²) in [6, 6.07) is 14.0. The van der Waals surface area contributed by atoms with Gasteiger partial charge >= 0.3 is 0 Å². The third-order valence-electron chi connectivity index (χ3n) is 4.18.